The van der Waals surface area contributed by atoms with Gasteiger partial charge in [-0.3, -0.25) is 4.79 Å². The van der Waals surface area contributed by atoms with E-state index in [9.17, 15) is 4.79 Å². The average molecular weight is 226 g/mol. The molecule has 0 saturated heterocycles. The van der Waals surface area contributed by atoms with Crippen molar-refractivity contribution in [2.24, 2.45) is 11.7 Å². The number of hydrogen-bond acceptors (Lipinski definition) is 2. The summed E-state index contributed by atoms with van der Waals surface area (Å²) in [6.07, 6.45) is 9.04. The van der Waals surface area contributed by atoms with Gasteiger partial charge in [-0.05, 0) is 31.6 Å². The lowest BCUT2D eigenvalue weighted by molar-refractivity contribution is -0.122. The zero-order valence-electron chi connectivity index (χ0n) is 10.5. The van der Waals surface area contributed by atoms with Crippen molar-refractivity contribution in [2.75, 3.05) is 6.54 Å². The van der Waals surface area contributed by atoms with E-state index in [0.29, 0.717) is 5.92 Å². The SMILES string of the molecule is CCC(N)CCNC(=O)CC1CCCCC1. The van der Waals surface area contributed by atoms with E-state index in [0.717, 1.165) is 25.8 Å². The van der Waals surface area contributed by atoms with Gasteiger partial charge in [0.05, 0.1) is 0 Å². The predicted molar refractivity (Wildman–Crippen MR) is 67.1 cm³/mol. The van der Waals surface area contributed by atoms with Crippen molar-refractivity contribution in [3.8, 4) is 0 Å². The van der Waals surface area contributed by atoms with Crippen LogP contribution < -0.4 is 11.1 Å². The molecule has 1 atom stereocenters. The smallest absolute Gasteiger partial charge is 0.220 e. The number of carbonyl (C=O) groups is 1. The lowest BCUT2D eigenvalue weighted by Gasteiger charge is -2.21. The van der Waals surface area contributed by atoms with Crippen LogP contribution in [-0.2, 0) is 4.79 Å². The molecule has 1 aliphatic rings. The fourth-order valence-corrected chi connectivity index (χ4v) is 2.33. The van der Waals surface area contributed by atoms with Crippen molar-refractivity contribution < 1.29 is 4.79 Å². The first-order valence-corrected chi connectivity index (χ1v) is 6.74. The molecule has 1 rings (SSSR count). The zero-order chi connectivity index (χ0) is 11.8. The Labute approximate surface area is 99.2 Å². The van der Waals surface area contributed by atoms with Crippen molar-refractivity contribution in [3.05, 3.63) is 0 Å². The molecule has 3 heteroatoms. The lowest BCUT2D eigenvalue weighted by Crippen LogP contribution is -2.31. The van der Waals surface area contributed by atoms with E-state index in [2.05, 4.69) is 12.2 Å². The number of nitrogens with two attached hydrogens (primary N) is 1. The van der Waals surface area contributed by atoms with Gasteiger partial charge in [-0.15, -0.1) is 0 Å². The standard InChI is InChI=1S/C13H26N2O/c1-2-12(14)8-9-15-13(16)10-11-6-4-3-5-7-11/h11-12H,2-10,14H2,1H3,(H,15,16). The van der Waals surface area contributed by atoms with E-state index in [-0.39, 0.29) is 11.9 Å². The maximum Gasteiger partial charge on any atom is 0.220 e. The van der Waals surface area contributed by atoms with Crippen LogP contribution >= 0.6 is 0 Å². The van der Waals surface area contributed by atoms with Crippen LogP contribution in [0.1, 0.15) is 58.3 Å². The molecule has 0 aromatic rings. The fourth-order valence-electron chi connectivity index (χ4n) is 2.33. The Hall–Kier alpha value is -0.570. The molecule has 1 saturated carbocycles. The van der Waals surface area contributed by atoms with Gasteiger partial charge >= 0.3 is 0 Å². The molecule has 1 fully saturated rings. The zero-order valence-corrected chi connectivity index (χ0v) is 10.5. The summed E-state index contributed by atoms with van der Waals surface area (Å²) < 4.78 is 0. The quantitative estimate of drug-likeness (QED) is 0.729. The molecule has 3 N–H and O–H groups in total. The molecule has 0 aromatic heterocycles. The summed E-state index contributed by atoms with van der Waals surface area (Å²) in [4.78, 5) is 11.6. The molecular weight excluding hydrogens is 200 g/mol. The lowest BCUT2D eigenvalue weighted by atomic mass is 9.87. The van der Waals surface area contributed by atoms with Crippen LogP contribution in [0.5, 0.6) is 0 Å². The first kappa shape index (κ1) is 13.5. The van der Waals surface area contributed by atoms with Crippen molar-refractivity contribution >= 4 is 5.91 Å². The number of rotatable bonds is 6. The van der Waals surface area contributed by atoms with Gasteiger partial charge < -0.3 is 11.1 Å². The second-order valence-corrected chi connectivity index (χ2v) is 5.02. The third kappa shape index (κ3) is 5.50. The summed E-state index contributed by atoms with van der Waals surface area (Å²) in [6.45, 7) is 2.81. The molecule has 94 valence electrons. The first-order valence-electron chi connectivity index (χ1n) is 6.74. The van der Waals surface area contributed by atoms with E-state index in [1.165, 1.54) is 32.1 Å². The van der Waals surface area contributed by atoms with Gasteiger partial charge in [-0.1, -0.05) is 26.2 Å². The molecule has 16 heavy (non-hydrogen) atoms. The normalized spacial score (nSPS) is 19.4. The minimum absolute atomic E-state index is 0.218. The Morgan fingerprint density at radius 1 is 1.38 bits per heavy atom. The predicted octanol–water partition coefficient (Wildman–Crippen LogP) is 2.20. The number of carbonyl (C=O) groups excluding carboxylic acids is 1. The second kappa shape index (κ2) is 7.66. The average Bonchev–Trinajstić information content (AvgIpc) is 2.30. The molecule has 1 unspecified atom stereocenters. The van der Waals surface area contributed by atoms with Crippen LogP contribution in [0.15, 0.2) is 0 Å². The highest BCUT2D eigenvalue weighted by atomic mass is 16.1. The van der Waals surface area contributed by atoms with E-state index >= 15 is 0 Å². The van der Waals surface area contributed by atoms with E-state index in [1.807, 2.05) is 0 Å². The van der Waals surface area contributed by atoms with Crippen LogP contribution in [0.25, 0.3) is 0 Å². The van der Waals surface area contributed by atoms with Gasteiger partial charge in [0.15, 0.2) is 0 Å². The van der Waals surface area contributed by atoms with E-state index in [4.69, 9.17) is 5.73 Å². The molecule has 0 bridgehead atoms. The molecule has 1 amide bonds. The maximum absolute atomic E-state index is 11.6. The second-order valence-electron chi connectivity index (χ2n) is 5.02. The van der Waals surface area contributed by atoms with E-state index in [1.54, 1.807) is 0 Å². The summed E-state index contributed by atoms with van der Waals surface area (Å²) in [5.74, 6) is 0.851. The number of hydrogen-bond donors (Lipinski definition) is 2. The third-order valence-electron chi connectivity index (χ3n) is 3.56. The molecular formula is C13H26N2O. The minimum atomic E-state index is 0.218. The van der Waals surface area contributed by atoms with Gasteiger partial charge in [0.1, 0.15) is 0 Å². The third-order valence-corrected chi connectivity index (χ3v) is 3.56. The van der Waals surface area contributed by atoms with Gasteiger partial charge in [0.2, 0.25) is 5.91 Å². The van der Waals surface area contributed by atoms with Crippen LogP contribution in [0.4, 0.5) is 0 Å². The fraction of sp³-hybridized carbons (Fsp3) is 0.923. The summed E-state index contributed by atoms with van der Waals surface area (Å²) in [7, 11) is 0. The molecule has 0 radical (unpaired) electrons. The van der Waals surface area contributed by atoms with Crippen molar-refractivity contribution in [3.63, 3.8) is 0 Å². The Bertz CT molecular complexity index is 200. The van der Waals surface area contributed by atoms with E-state index < -0.39 is 0 Å². The van der Waals surface area contributed by atoms with Crippen molar-refractivity contribution in [1.29, 1.82) is 0 Å². The van der Waals surface area contributed by atoms with Crippen molar-refractivity contribution in [2.45, 2.75) is 64.3 Å². The summed E-state index contributed by atoms with van der Waals surface area (Å²) in [5.41, 5.74) is 5.79. The Kier molecular flexibility index (Phi) is 6.46. The van der Waals surface area contributed by atoms with Gasteiger partial charge in [0.25, 0.3) is 0 Å². The van der Waals surface area contributed by atoms with Crippen LogP contribution in [0, 0.1) is 5.92 Å². The monoisotopic (exact) mass is 226 g/mol. The highest BCUT2D eigenvalue weighted by Gasteiger charge is 2.16. The molecule has 0 spiro atoms. The highest BCUT2D eigenvalue weighted by Crippen LogP contribution is 2.25. The highest BCUT2D eigenvalue weighted by molar-refractivity contribution is 5.76. The number of amides is 1. The van der Waals surface area contributed by atoms with Crippen molar-refractivity contribution in [1.82, 2.24) is 5.32 Å². The molecule has 0 aliphatic heterocycles. The summed E-state index contributed by atoms with van der Waals surface area (Å²) in [5, 5.41) is 2.98. The Morgan fingerprint density at radius 3 is 2.69 bits per heavy atom. The molecule has 1 aliphatic carbocycles. The molecule has 3 nitrogen and oxygen atoms in total. The molecule has 0 aromatic carbocycles. The summed E-state index contributed by atoms with van der Waals surface area (Å²) in [6, 6.07) is 0.231. The molecule has 0 heterocycles. The summed E-state index contributed by atoms with van der Waals surface area (Å²) >= 11 is 0. The van der Waals surface area contributed by atoms with Gasteiger partial charge in [-0.25, -0.2) is 0 Å². The van der Waals surface area contributed by atoms with Crippen LogP contribution in [0.3, 0.4) is 0 Å². The van der Waals surface area contributed by atoms with Gasteiger partial charge in [-0.2, -0.15) is 0 Å². The van der Waals surface area contributed by atoms with Gasteiger partial charge in [0, 0.05) is 19.0 Å². The minimum Gasteiger partial charge on any atom is -0.356 e. The number of nitrogens with one attached hydrogen (secondary N) is 1. The Balaban J connectivity index is 2.05. The largest absolute Gasteiger partial charge is 0.356 e. The van der Waals surface area contributed by atoms with Crippen LogP contribution in [0.2, 0.25) is 0 Å². The maximum atomic E-state index is 11.6. The Morgan fingerprint density at radius 2 is 2.06 bits per heavy atom. The van der Waals surface area contributed by atoms with Crippen LogP contribution in [-0.4, -0.2) is 18.5 Å². The topological polar surface area (TPSA) is 55.1 Å². The first-order chi connectivity index (χ1) is 7.72.